The van der Waals surface area contributed by atoms with Crippen LogP contribution in [0.25, 0.3) is 16.8 Å². The van der Waals surface area contributed by atoms with E-state index in [4.69, 9.17) is 14.2 Å². The highest BCUT2D eigenvalue weighted by molar-refractivity contribution is 6.16. The Kier molecular flexibility index (Phi) is 8.53. The predicted molar refractivity (Wildman–Crippen MR) is 201 cm³/mol. The molecule has 0 bridgehead atoms. The van der Waals surface area contributed by atoms with E-state index in [0.717, 1.165) is 31.6 Å². The van der Waals surface area contributed by atoms with Crippen LogP contribution in [0.3, 0.4) is 0 Å². The third-order valence-electron chi connectivity index (χ3n) is 10.4. The summed E-state index contributed by atoms with van der Waals surface area (Å²) in [6.07, 6.45) is 2.66. The van der Waals surface area contributed by atoms with Gasteiger partial charge in [-0.3, -0.25) is 19.4 Å². The summed E-state index contributed by atoms with van der Waals surface area (Å²) in [6.45, 7) is 4.29. The van der Waals surface area contributed by atoms with Crippen molar-refractivity contribution < 1.29 is 28.9 Å². The van der Waals surface area contributed by atoms with Gasteiger partial charge in [0.2, 0.25) is 6.79 Å². The maximum atomic E-state index is 15.1. The van der Waals surface area contributed by atoms with Gasteiger partial charge in [-0.2, -0.15) is 0 Å². The summed E-state index contributed by atoms with van der Waals surface area (Å²) in [5, 5.41) is 10.0. The lowest BCUT2D eigenvalue weighted by atomic mass is 9.92. The van der Waals surface area contributed by atoms with E-state index >= 15 is 4.79 Å². The molecule has 1 fully saturated rings. The van der Waals surface area contributed by atoms with Gasteiger partial charge < -0.3 is 28.6 Å². The Morgan fingerprint density at radius 2 is 1.45 bits per heavy atom. The van der Waals surface area contributed by atoms with E-state index in [9.17, 15) is 9.90 Å². The number of fused-ring (bicyclic) bond motifs is 3. The second-order valence-corrected chi connectivity index (χ2v) is 13.6. The van der Waals surface area contributed by atoms with E-state index in [1.54, 1.807) is 35.2 Å². The Hall–Kier alpha value is -6.10. The van der Waals surface area contributed by atoms with Crippen LogP contribution in [0.5, 0.6) is 17.2 Å². The second-order valence-electron chi connectivity index (χ2n) is 13.6. The number of rotatable bonds is 7. The molecule has 266 valence electrons. The molecule has 0 saturated carbocycles. The summed E-state index contributed by atoms with van der Waals surface area (Å²) in [5.41, 5.74) is 6.59. The third-order valence-corrected chi connectivity index (χ3v) is 10.4. The Morgan fingerprint density at radius 1 is 0.755 bits per heavy atom. The molecule has 0 unspecified atom stereocenters. The molecule has 1 N–H and O–H groups in total. The van der Waals surface area contributed by atoms with Crippen molar-refractivity contribution in [2.45, 2.75) is 19.0 Å². The Bertz CT molecular complexity index is 2320. The molecule has 0 spiro atoms. The number of pyridine rings is 1. The van der Waals surface area contributed by atoms with Crippen molar-refractivity contribution >= 4 is 28.7 Å². The van der Waals surface area contributed by atoms with Crippen LogP contribution in [-0.4, -0.2) is 76.8 Å². The number of benzene rings is 4. The zero-order valence-electron chi connectivity index (χ0n) is 29.1. The summed E-state index contributed by atoms with van der Waals surface area (Å²) in [7, 11) is 0. The fourth-order valence-electron chi connectivity index (χ4n) is 7.77. The highest BCUT2D eigenvalue weighted by atomic mass is 16.7. The number of morpholine rings is 1. The molecule has 0 aliphatic carbocycles. The number of aromatic nitrogens is 1. The number of aromatic hydroxyl groups is 1. The maximum absolute atomic E-state index is 15.1. The smallest absolute Gasteiger partial charge is 0.265 e. The SMILES string of the molecule is O=C(c1cc(-c2cc3c(cc2C(=O)N2Cc4ccccc4C[C@H]2CN2CCOCC2)OCO3)n2ccccc12)N(c1ccccc1)c1ccc(O)cc1. The van der Waals surface area contributed by atoms with Gasteiger partial charge in [0.05, 0.1) is 35.6 Å². The molecule has 2 amide bonds. The number of phenolic OH excluding ortho intramolecular Hbond substituents is 1. The van der Waals surface area contributed by atoms with E-state index in [-0.39, 0.29) is 30.4 Å². The van der Waals surface area contributed by atoms with Gasteiger partial charge in [-0.05, 0) is 84.3 Å². The van der Waals surface area contributed by atoms with Gasteiger partial charge in [0.1, 0.15) is 5.75 Å². The van der Waals surface area contributed by atoms with Gasteiger partial charge in [-0.25, -0.2) is 0 Å². The molecule has 53 heavy (non-hydrogen) atoms. The average molecular weight is 707 g/mol. The highest BCUT2D eigenvalue weighted by Gasteiger charge is 2.35. The van der Waals surface area contributed by atoms with Gasteiger partial charge >= 0.3 is 0 Å². The monoisotopic (exact) mass is 706 g/mol. The standard InChI is InChI=1S/C43H38N4O6/c48-34-15-13-32(14-16-34)47(31-10-2-1-3-11-31)43(50)37-23-39(45-17-7-6-12-38(37)45)35-24-40-41(53-28-52-40)25-36(35)42(49)46-26-30-9-5-4-8-29(30)22-33(46)27-44-18-20-51-21-19-44/h1-17,23-25,33,48H,18-22,26-28H2/t33-/m0/s1. The molecule has 3 aliphatic heterocycles. The van der Waals surface area contributed by atoms with Crippen LogP contribution in [0.15, 0.2) is 121 Å². The minimum atomic E-state index is -0.260. The van der Waals surface area contributed by atoms with Gasteiger partial charge in [0.15, 0.2) is 11.5 Å². The molecule has 6 aromatic rings. The summed E-state index contributed by atoms with van der Waals surface area (Å²) in [4.78, 5) is 36.0. The van der Waals surface area contributed by atoms with Crippen molar-refractivity contribution in [3.8, 4) is 28.5 Å². The first kappa shape index (κ1) is 32.8. The molecule has 1 atom stereocenters. The predicted octanol–water partition coefficient (Wildman–Crippen LogP) is 6.92. The first-order chi connectivity index (χ1) is 26.0. The number of carbonyl (C=O) groups is 2. The zero-order valence-corrected chi connectivity index (χ0v) is 29.1. The topological polar surface area (TPSA) is 96.2 Å². The van der Waals surface area contributed by atoms with Crippen molar-refractivity contribution in [1.82, 2.24) is 14.2 Å². The fourth-order valence-corrected chi connectivity index (χ4v) is 7.77. The Balaban J connectivity index is 1.16. The van der Waals surface area contributed by atoms with Crippen LogP contribution in [0.4, 0.5) is 11.4 Å². The summed E-state index contributed by atoms with van der Waals surface area (Å²) in [6, 6.07) is 35.5. The van der Waals surface area contributed by atoms with E-state index in [2.05, 4.69) is 23.1 Å². The van der Waals surface area contributed by atoms with Gasteiger partial charge in [-0.1, -0.05) is 48.5 Å². The largest absolute Gasteiger partial charge is 0.508 e. The van der Waals surface area contributed by atoms with Crippen molar-refractivity contribution in [3.05, 3.63) is 144 Å². The number of carbonyl (C=O) groups excluding carboxylic acids is 2. The number of nitrogens with zero attached hydrogens (tertiary/aromatic N) is 4. The van der Waals surface area contributed by atoms with E-state index in [0.29, 0.717) is 70.5 Å². The summed E-state index contributed by atoms with van der Waals surface area (Å²) >= 11 is 0. The first-order valence-corrected chi connectivity index (χ1v) is 17.9. The van der Waals surface area contributed by atoms with Crippen LogP contribution in [-0.2, 0) is 17.7 Å². The molecule has 3 aliphatic rings. The van der Waals surface area contributed by atoms with Crippen molar-refractivity contribution in [3.63, 3.8) is 0 Å². The second kappa shape index (κ2) is 13.8. The van der Waals surface area contributed by atoms with Crippen molar-refractivity contribution in [2.75, 3.05) is 44.5 Å². The minimum absolute atomic E-state index is 0.0558. The molecule has 2 aromatic heterocycles. The highest BCUT2D eigenvalue weighted by Crippen LogP contribution is 2.42. The number of ether oxygens (including phenoxy) is 3. The van der Waals surface area contributed by atoms with Crippen LogP contribution < -0.4 is 14.4 Å². The Labute approximate surface area is 307 Å². The van der Waals surface area contributed by atoms with Crippen LogP contribution in [0, 0.1) is 0 Å². The minimum Gasteiger partial charge on any atom is -0.508 e. The van der Waals surface area contributed by atoms with Crippen molar-refractivity contribution in [1.29, 1.82) is 0 Å². The average Bonchev–Trinajstić information content (AvgIpc) is 3.83. The maximum Gasteiger partial charge on any atom is 0.265 e. The van der Waals surface area contributed by atoms with Crippen LogP contribution >= 0.6 is 0 Å². The molecule has 5 heterocycles. The molecule has 0 radical (unpaired) electrons. The summed E-state index contributed by atoms with van der Waals surface area (Å²) < 4.78 is 19.3. The number of amides is 2. The van der Waals surface area contributed by atoms with Gasteiger partial charge in [-0.15, -0.1) is 0 Å². The molecular formula is C43H38N4O6. The number of phenols is 1. The van der Waals surface area contributed by atoms with E-state index in [1.165, 1.54) is 5.56 Å². The van der Waals surface area contributed by atoms with E-state index in [1.807, 2.05) is 82.2 Å². The fraction of sp³-hybridized carbons (Fsp3) is 0.209. The lowest BCUT2D eigenvalue weighted by Crippen LogP contribution is -2.52. The lowest BCUT2D eigenvalue weighted by molar-refractivity contribution is 0.0193. The summed E-state index contributed by atoms with van der Waals surface area (Å²) in [5.74, 6) is 0.789. The van der Waals surface area contributed by atoms with E-state index < -0.39 is 0 Å². The molecule has 1 saturated heterocycles. The normalized spacial score (nSPS) is 16.8. The zero-order chi connectivity index (χ0) is 35.9. The van der Waals surface area contributed by atoms with Crippen LogP contribution in [0.1, 0.15) is 31.8 Å². The molecule has 10 nitrogen and oxygen atoms in total. The van der Waals surface area contributed by atoms with Gasteiger partial charge in [0.25, 0.3) is 11.8 Å². The third kappa shape index (κ3) is 6.15. The van der Waals surface area contributed by atoms with Crippen LogP contribution in [0.2, 0.25) is 0 Å². The van der Waals surface area contributed by atoms with Crippen molar-refractivity contribution in [2.24, 2.45) is 0 Å². The number of anilines is 2. The molecule has 4 aromatic carbocycles. The quantitative estimate of drug-likeness (QED) is 0.193. The number of hydrogen-bond acceptors (Lipinski definition) is 7. The van der Waals surface area contributed by atoms with Gasteiger partial charge in [0, 0.05) is 55.4 Å². The molecule has 9 rings (SSSR count). The first-order valence-electron chi connectivity index (χ1n) is 17.9. The lowest BCUT2D eigenvalue weighted by Gasteiger charge is -2.40. The number of para-hydroxylation sites is 1. The number of hydrogen-bond donors (Lipinski definition) is 1. The molecule has 10 heteroatoms. The Morgan fingerprint density at radius 3 is 2.25 bits per heavy atom. The molecular weight excluding hydrogens is 668 g/mol.